The van der Waals surface area contributed by atoms with E-state index >= 15 is 0 Å². The van der Waals surface area contributed by atoms with E-state index in [9.17, 15) is 4.39 Å². The first-order chi connectivity index (χ1) is 12.8. The predicted octanol–water partition coefficient (Wildman–Crippen LogP) is 2.54. The van der Waals surface area contributed by atoms with Crippen molar-refractivity contribution in [3.63, 3.8) is 0 Å². The number of hydrogen-bond acceptors (Lipinski definition) is 5. The van der Waals surface area contributed by atoms with Crippen molar-refractivity contribution in [2.24, 2.45) is 5.41 Å². The highest BCUT2D eigenvalue weighted by Gasteiger charge is 2.50. The highest BCUT2D eigenvalue weighted by atomic mass is 19.1. The zero-order valence-corrected chi connectivity index (χ0v) is 14.9. The normalized spacial score (nSPS) is 25.8. The Hall–Kier alpha value is -1.86. The standard InChI is InChI=1S/C19H24FN5O/c20-17-9-21-6-3-14(17)10-24-11-16(19(12-24)4-7-26-8-5-19)18-23-22-13-25(18)15-1-2-15/h3,6,9,13,15-16H,1-2,4-5,7-8,10-12H2. The first-order valence-corrected chi connectivity index (χ1v) is 9.53. The van der Waals surface area contributed by atoms with Crippen LogP contribution in [0.4, 0.5) is 4.39 Å². The molecule has 0 aromatic carbocycles. The highest BCUT2D eigenvalue weighted by Crippen LogP contribution is 2.50. The van der Waals surface area contributed by atoms with Gasteiger partial charge in [-0.05, 0) is 37.2 Å². The molecule has 3 fully saturated rings. The summed E-state index contributed by atoms with van der Waals surface area (Å²) in [5.41, 5.74) is 0.869. The second kappa shape index (κ2) is 6.39. The molecular formula is C19H24FN5O. The minimum Gasteiger partial charge on any atom is -0.381 e. The molecule has 2 saturated heterocycles. The first kappa shape index (κ1) is 16.3. The summed E-state index contributed by atoms with van der Waals surface area (Å²) in [6.45, 7) is 4.07. The lowest BCUT2D eigenvalue weighted by Crippen LogP contribution is -2.37. The van der Waals surface area contributed by atoms with Gasteiger partial charge >= 0.3 is 0 Å². The molecule has 3 aliphatic rings. The van der Waals surface area contributed by atoms with Crippen LogP contribution in [0.5, 0.6) is 0 Å². The van der Waals surface area contributed by atoms with Gasteiger partial charge in [0, 0.05) is 56.6 Å². The van der Waals surface area contributed by atoms with Crippen molar-refractivity contribution < 1.29 is 9.13 Å². The Bertz CT molecular complexity index is 784. The molecule has 2 aromatic heterocycles. The Kier molecular flexibility index (Phi) is 4.01. The molecule has 6 nitrogen and oxygen atoms in total. The maximum Gasteiger partial charge on any atom is 0.145 e. The van der Waals surface area contributed by atoms with Gasteiger partial charge in [0.1, 0.15) is 18.0 Å². The van der Waals surface area contributed by atoms with E-state index in [4.69, 9.17) is 4.74 Å². The maximum absolute atomic E-state index is 14.1. The zero-order chi connectivity index (χ0) is 17.6. The summed E-state index contributed by atoms with van der Waals surface area (Å²) in [5, 5.41) is 8.75. The minimum atomic E-state index is -0.224. The van der Waals surface area contributed by atoms with Gasteiger partial charge < -0.3 is 9.30 Å². The zero-order valence-electron chi connectivity index (χ0n) is 14.9. The van der Waals surface area contributed by atoms with Crippen LogP contribution in [0.1, 0.15) is 49.0 Å². The van der Waals surface area contributed by atoms with Crippen molar-refractivity contribution in [2.75, 3.05) is 26.3 Å². The van der Waals surface area contributed by atoms with E-state index in [0.717, 1.165) is 45.0 Å². The van der Waals surface area contributed by atoms with Gasteiger partial charge in [0.2, 0.25) is 0 Å². The molecule has 1 aliphatic carbocycles. The van der Waals surface area contributed by atoms with Crippen molar-refractivity contribution in [2.45, 2.75) is 44.2 Å². The predicted molar refractivity (Wildman–Crippen MR) is 93.0 cm³/mol. The molecule has 1 atom stereocenters. The van der Waals surface area contributed by atoms with E-state index in [1.165, 1.54) is 19.0 Å². The second-order valence-corrected chi connectivity index (χ2v) is 7.99. The van der Waals surface area contributed by atoms with Crippen LogP contribution in [0.3, 0.4) is 0 Å². The van der Waals surface area contributed by atoms with Crippen molar-refractivity contribution in [1.82, 2.24) is 24.6 Å². The molecule has 0 bridgehead atoms. The Morgan fingerprint density at radius 3 is 2.88 bits per heavy atom. The van der Waals surface area contributed by atoms with Crippen LogP contribution in [-0.4, -0.2) is 51.0 Å². The average molecular weight is 357 g/mol. The van der Waals surface area contributed by atoms with Crippen molar-refractivity contribution >= 4 is 0 Å². The number of pyridine rings is 1. The van der Waals surface area contributed by atoms with Crippen LogP contribution in [0.25, 0.3) is 0 Å². The number of halogens is 1. The van der Waals surface area contributed by atoms with Crippen LogP contribution >= 0.6 is 0 Å². The lowest BCUT2D eigenvalue weighted by atomic mass is 9.71. The third kappa shape index (κ3) is 2.83. The fraction of sp³-hybridized carbons (Fsp3) is 0.632. The minimum absolute atomic E-state index is 0.154. The van der Waals surface area contributed by atoms with Gasteiger partial charge in [0.05, 0.1) is 6.20 Å². The summed E-state index contributed by atoms with van der Waals surface area (Å²) < 4.78 is 22.0. The Labute approximate surface area is 152 Å². The lowest BCUT2D eigenvalue weighted by Gasteiger charge is -2.37. The van der Waals surface area contributed by atoms with Crippen molar-refractivity contribution in [3.8, 4) is 0 Å². The van der Waals surface area contributed by atoms with Gasteiger partial charge in [-0.2, -0.15) is 0 Å². The average Bonchev–Trinajstić information content (AvgIpc) is 3.29. The maximum atomic E-state index is 14.1. The number of aromatic nitrogens is 4. The Balaban J connectivity index is 1.44. The molecule has 138 valence electrons. The quantitative estimate of drug-likeness (QED) is 0.842. The van der Waals surface area contributed by atoms with Gasteiger partial charge in [-0.25, -0.2) is 4.39 Å². The van der Waals surface area contributed by atoms with Crippen molar-refractivity contribution in [3.05, 3.63) is 42.0 Å². The van der Waals surface area contributed by atoms with Gasteiger partial charge in [0.15, 0.2) is 0 Å². The molecule has 0 radical (unpaired) electrons. The largest absolute Gasteiger partial charge is 0.381 e. The van der Waals surface area contributed by atoms with Gasteiger partial charge in [-0.15, -0.1) is 10.2 Å². The first-order valence-electron chi connectivity index (χ1n) is 9.53. The van der Waals surface area contributed by atoms with E-state index in [1.807, 2.05) is 6.33 Å². The molecule has 2 aromatic rings. The fourth-order valence-electron chi connectivity index (χ4n) is 4.74. The SMILES string of the molecule is Fc1cnccc1CN1CC(c2nncn2C2CC2)C2(CCOCC2)C1. The number of nitrogens with zero attached hydrogens (tertiary/aromatic N) is 5. The summed E-state index contributed by atoms with van der Waals surface area (Å²) in [5.74, 6) is 1.23. The highest BCUT2D eigenvalue weighted by molar-refractivity contribution is 5.17. The number of likely N-dealkylation sites (tertiary alicyclic amines) is 1. The fourth-order valence-corrected chi connectivity index (χ4v) is 4.74. The van der Waals surface area contributed by atoms with Crippen molar-refractivity contribution in [1.29, 1.82) is 0 Å². The van der Waals surface area contributed by atoms with Gasteiger partial charge in [-0.1, -0.05) is 0 Å². The molecule has 2 aliphatic heterocycles. The summed E-state index contributed by atoms with van der Waals surface area (Å²) in [4.78, 5) is 6.24. The van der Waals surface area contributed by atoms with Crippen LogP contribution in [0.15, 0.2) is 24.8 Å². The van der Waals surface area contributed by atoms with E-state index < -0.39 is 0 Å². The van der Waals surface area contributed by atoms with Crippen LogP contribution < -0.4 is 0 Å². The number of rotatable bonds is 4. The topological polar surface area (TPSA) is 56.1 Å². The van der Waals surface area contributed by atoms with Gasteiger partial charge in [-0.3, -0.25) is 9.88 Å². The molecule has 5 rings (SSSR count). The number of hydrogen-bond donors (Lipinski definition) is 0. The second-order valence-electron chi connectivity index (χ2n) is 7.99. The van der Waals surface area contributed by atoms with Gasteiger partial charge in [0.25, 0.3) is 0 Å². The molecule has 1 saturated carbocycles. The third-order valence-corrected chi connectivity index (χ3v) is 6.31. The molecular weight excluding hydrogens is 333 g/mol. The van der Waals surface area contributed by atoms with E-state index in [0.29, 0.717) is 24.1 Å². The van der Waals surface area contributed by atoms with E-state index in [2.05, 4.69) is 24.6 Å². The summed E-state index contributed by atoms with van der Waals surface area (Å²) in [6.07, 6.45) is 9.37. The van der Waals surface area contributed by atoms with Crippen LogP contribution in [0, 0.1) is 11.2 Å². The number of ether oxygens (including phenoxy) is 1. The van der Waals surface area contributed by atoms with E-state index in [1.54, 1.807) is 12.3 Å². The molecule has 0 amide bonds. The monoisotopic (exact) mass is 357 g/mol. The van der Waals surface area contributed by atoms with Crippen LogP contribution in [0.2, 0.25) is 0 Å². The molecule has 1 spiro atoms. The summed E-state index contributed by atoms with van der Waals surface area (Å²) in [7, 11) is 0. The summed E-state index contributed by atoms with van der Waals surface area (Å²) >= 11 is 0. The smallest absolute Gasteiger partial charge is 0.145 e. The van der Waals surface area contributed by atoms with E-state index in [-0.39, 0.29) is 11.2 Å². The molecule has 1 unspecified atom stereocenters. The molecule has 26 heavy (non-hydrogen) atoms. The Morgan fingerprint density at radius 1 is 1.27 bits per heavy atom. The third-order valence-electron chi connectivity index (χ3n) is 6.31. The van der Waals surface area contributed by atoms with Crippen LogP contribution in [-0.2, 0) is 11.3 Å². The molecule has 4 heterocycles. The Morgan fingerprint density at radius 2 is 2.12 bits per heavy atom. The summed E-state index contributed by atoms with van der Waals surface area (Å²) in [6, 6.07) is 2.36. The lowest BCUT2D eigenvalue weighted by molar-refractivity contribution is 0.0104. The molecule has 7 heteroatoms. The molecule has 0 N–H and O–H groups in total.